The highest BCUT2D eigenvalue weighted by Crippen LogP contribution is 2.35. The molecule has 0 amide bonds. The van der Waals surface area contributed by atoms with Crippen LogP contribution >= 0.6 is 0 Å². The van der Waals surface area contributed by atoms with E-state index in [1.807, 2.05) is 6.07 Å². The number of nitrogens with zero attached hydrogens (tertiary/aromatic N) is 1. The van der Waals surface area contributed by atoms with E-state index in [-0.39, 0.29) is 0 Å². The smallest absolute Gasteiger partial charge is 0.337 e. The van der Waals surface area contributed by atoms with Crippen molar-refractivity contribution in [1.82, 2.24) is 0 Å². The number of hydrogen-bond donors (Lipinski definition) is 1. The second-order valence-electron chi connectivity index (χ2n) is 5.46. The summed E-state index contributed by atoms with van der Waals surface area (Å²) in [5, 5.41) is 9.30. The fourth-order valence-electron chi connectivity index (χ4n) is 3.39. The van der Waals surface area contributed by atoms with Gasteiger partial charge in [0.25, 0.3) is 0 Å². The summed E-state index contributed by atoms with van der Waals surface area (Å²) < 4.78 is 0. The number of rotatable bonds is 3. The normalized spacial score (nSPS) is 19.2. The van der Waals surface area contributed by atoms with E-state index in [2.05, 4.69) is 11.0 Å². The molecular weight excluding hydrogens is 226 g/mol. The topological polar surface area (TPSA) is 40.5 Å². The zero-order chi connectivity index (χ0) is 12.5. The van der Waals surface area contributed by atoms with Crippen molar-refractivity contribution in [2.24, 2.45) is 5.92 Å². The molecule has 0 spiro atoms. The molecule has 3 heteroatoms. The molecule has 0 bridgehead atoms. The van der Waals surface area contributed by atoms with Crippen molar-refractivity contribution in [3.63, 3.8) is 0 Å². The van der Waals surface area contributed by atoms with Crippen LogP contribution in [-0.2, 0) is 6.42 Å². The van der Waals surface area contributed by atoms with E-state index in [4.69, 9.17) is 0 Å². The fraction of sp³-hybridized carbons (Fsp3) is 0.533. The lowest BCUT2D eigenvalue weighted by Gasteiger charge is -2.24. The van der Waals surface area contributed by atoms with E-state index in [0.29, 0.717) is 5.56 Å². The molecule has 96 valence electrons. The minimum Gasteiger partial charge on any atom is -0.478 e. The highest BCUT2D eigenvalue weighted by atomic mass is 16.4. The standard InChI is InChI=1S/C15H19NO2/c17-15(18)13-7-3-6-12-8-9-16(14(12)13)10-11-4-1-2-5-11/h3,6-7,11H,1-2,4-5,8-10H2,(H,17,18). The van der Waals surface area contributed by atoms with Crippen LogP contribution in [0.4, 0.5) is 5.69 Å². The summed E-state index contributed by atoms with van der Waals surface area (Å²) in [5.74, 6) is -0.0389. The Labute approximate surface area is 107 Å². The maximum absolute atomic E-state index is 11.3. The molecule has 0 atom stereocenters. The summed E-state index contributed by atoms with van der Waals surface area (Å²) in [6.45, 7) is 2.02. The first-order valence-corrected chi connectivity index (χ1v) is 6.86. The van der Waals surface area contributed by atoms with Gasteiger partial charge in [0, 0.05) is 13.1 Å². The maximum atomic E-state index is 11.3. The third-order valence-electron chi connectivity index (χ3n) is 4.27. The minimum absolute atomic E-state index is 0.475. The molecule has 0 unspecified atom stereocenters. The van der Waals surface area contributed by atoms with E-state index in [0.717, 1.165) is 31.1 Å². The average molecular weight is 245 g/mol. The van der Waals surface area contributed by atoms with Crippen LogP contribution in [0.3, 0.4) is 0 Å². The zero-order valence-electron chi connectivity index (χ0n) is 10.6. The Hall–Kier alpha value is -1.51. The van der Waals surface area contributed by atoms with Gasteiger partial charge >= 0.3 is 5.97 Å². The maximum Gasteiger partial charge on any atom is 0.337 e. The fourth-order valence-corrected chi connectivity index (χ4v) is 3.39. The van der Waals surface area contributed by atoms with Crippen molar-refractivity contribution in [1.29, 1.82) is 0 Å². The van der Waals surface area contributed by atoms with Crippen LogP contribution < -0.4 is 4.90 Å². The van der Waals surface area contributed by atoms with Crippen molar-refractivity contribution in [2.45, 2.75) is 32.1 Å². The molecule has 0 saturated heterocycles. The summed E-state index contributed by atoms with van der Waals surface area (Å²) >= 11 is 0. The molecule has 1 aromatic carbocycles. The number of carbonyl (C=O) groups is 1. The van der Waals surface area contributed by atoms with Gasteiger partial charge in [0.2, 0.25) is 0 Å². The number of carboxylic acids is 1. The lowest BCUT2D eigenvalue weighted by Crippen LogP contribution is -2.27. The van der Waals surface area contributed by atoms with Gasteiger partial charge in [0.15, 0.2) is 0 Å². The van der Waals surface area contributed by atoms with E-state index in [9.17, 15) is 9.90 Å². The van der Waals surface area contributed by atoms with Gasteiger partial charge < -0.3 is 10.0 Å². The molecule has 0 radical (unpaired) electrons. The molecular formula is C15H19NO2. The first-order chi connectivity index (χ1) is 8.75. The second-order valence-corrected chi connectivity index (χ2v) is 5.46. The van der Waals surface area contributed by atoms with Crippen LogP contribution in [-0.4, -0.2) is 24.2 Å². The third kappa shape index (κ3) is 1.98. The van der Waals surface area contributed by atoms with Gasteiger partial charge in [-0.2, -0.15) is 0 Å². The Morgan fingerprint density at radius 3 is 2.83 bits per heavy atom. The molecule has 3 rings (SSSR count). The summed E-state index contributed by atoms with van der Waals surface area (Å²) in [6, 6.07) is 5.66. The van der Waals surface area contributed by atoms with E-state index >= 15 is 0 Å². The predicted molar refractivity (Wildman–Crippen MR) is 71.3 cm³/mol. The van der Waals surface area contributed by atoms with E-state index in [1.165, 1.54) is 31.2 Å². The first kappa shape index (κ1) is 11.6. The van der Waals surface area contributed by atoms with Crippen molar-refractivity contribution >= 4 is 11.7 Å². The van der Waals surface area contributed by atoms with Crippen LogP contribution in [0.25, 0.3) is 0 Å². The molecule has 1 saturated carbocycles. The number of benzene rings is 1. The molecule has 2 aliphatic rings. The Morgan fingerprint density at radius 1 is 1.33 bits per heavy atom. The molecule has 1 fully saturated rings. The van der Waals surface area contributed by atoms with Crippen molar-refractivity contribution in [3.05, 3.63) is 29.3 Å². The highest BCUT2D eigenvalue weighted by Gasteiger charge is 2.27. The third-order valence-corrected chi connectivity index (χ3v) is 4.27. The number of hydrogen-bond acceptors (Lipinski definition) is 2. The van der Waals surface area contributed by atoms with Crippen LogP contribution in [0, 0.1) is 5.92 Å². The molecule has 1 aliphatic carbocycles. The Morgan fingerprint density at radius 2 is 2.11 bits per heavy atom. The highest BCUT2D eigenvalue weighted by molar-refractivity contribution is 5.96. The van der Waals surface area contributed by atoms with Gasteiger partial charge in [0.05, 0.1) is 11.3 Å². The van der Waals surface area contributed by atoms with Gasteiger partial charge in [-0.25, -0.2) is 4.79 Å². The lowest BCUT2D eigenvalue weighted by molar-refractivity contribution is 0.0697. The monoisotopic (exact) mass is 245 g/mol. The van der Waals surface area contributed by atoms with E-state index < -0.39 is 5.97 Å². The minimum atomic E-state index is -0.801. The Bertz CT molecular complexity index is 464. The van der Waals surface area contributed by atoms with Gasteiger partial charge in [-0.1, -0.05) is 25.0 Å². The van der Waals surface area contributed by atoms with Crippen LogP contribution in [0.1, 0.15) is 41.6 Å². The first-order valence-electron chi connectivity index (χ1n) is 6.86. The van der Waals surface area contributed by atoms with Crippen molar-refractivity contribution < 1.29 is 9.90 Å². The zero-order valence-corrected chi connectivity index (χ0v) is 10.6. The average Bonchev–Trinajstić information content (AvgIpc) is 2.99. The molecule has 0 aromatic heterocycles. The Balaban J connectivity index is 1.87. The Kier molecular flexibility index (Phi) is 2.98. The predicted octanol–water partition coefficient (Wildman–Crippen LogP) is 2.94. The molecule has 1 heterocycles. The van der Waals surface area contributed by atoms with Crippen molar-refractivity contribution in [2.75, 3.05) is 18.0 Å². The van der Waals surface area contributed by atoms with Crippen LogP contribution in [0.5, 0.6) is 0 Å². The molecule has 1 N–H and O–H groups in total. The summed E-state index contributed by atoms with van der Waals surface area (Å²) in [7, 11) is 0. The number of aromatic carboxylic acids is 1. The van der Waals surface area contributed by atoms with Crippen molar-refractivity contribution in [3.8, 4) is 0 Å². The summed E-state index contributed by atoms with van der Waals surface area (Å²) in [5.41, 5.74) is 2.66. The van der Waals surface area contributed by atoms with Gasteiger partial charge in [-0.15, -0.1) is 0 Å². The number of carboxylic acid groups (broad SMARTS) is 1. The van der Waals surface area contributed by atoms with Gasteiger partial charge in [-0.05, 0) is 36.8 Å². The molecule has 1 aliphatic heterocycles. The summed E-state index contributed by atoms with van der Waals surface area (Å²) in [4.78, 5) is 13.6. The van der Waals surface area contributed by atoms with Gasteiger partial charge in [0.1, 0.15) is 0 Å². The molecule has 1 aromatic rings. The SMILES string of the molecule is O=C(O)c1cccc2c1N(CC1CCCC1)CC2. The number of para-hydroxylation sites is 1. The van der Waals surface area contributed by atoms with E-state index in [1.54, 1.807) is 6.07 Å². The number of fused-ring (bicyclic) bond motifs is 1. The summed E-state index contributed by atoms with van der Waals surface area (Å²) in [6.07, 6.45) is 6.28. The molecule has 18 heavy (non-hydrogen) atoms. The van der Waals surface area contributed by atoms with Gasteiger partial charge in [-0.3, -0.25) is 0 Å². The largest absolute Gasteiger partial charge is 0.478 e. The lowest BCUT2D eigenvalue weighted by atomic mass is 10.1. The number of anilines is 1. The second kappa shape index (κ2) is 4.63. The quantitative estimate of drug-likeness (QED) is 0.890. The van der Waals surface area contributed by atoms with Crippen LogP contribution in [0.2, 0.25) is 0 Å². The van der Waals surface area contributed by atoms with Crippen LogP contribution in [0.15, 0.2) is 18.2 Å². The molecule has 3 nitrogen and oxygen atoms in total.